The third-order valence-electron chi connectivity index (χ3n) is 1.65. The third kappa shape index (κ3) is 3.16. The average molecular weight is 196 g/mol. The monoisotopic (exact) mass is 196 g/mol. The maximum atomic E-state index is 10.7. The summed E-state index contributed by atoms with van der Waals surface area (Å²) in [6, 6.07) is 9.25. The van der Waals surface area contributed by atoms with Gasteiger partial charge in [0.05, 0.1) is 13.7 Å². The van der Waals surface area contributed by atoms with Crippen molar-refractivity contribution in [3.8, 4) is 0 Å². The van der Waals surface area contributed by atoms with Gasteiger partial charge in [-0.25, -0.2) is 4.79 Å². The van der Waals surface area contributed by atoms with Crippen LogP contribution in [-0.4, -0.2) is 24.5 Å². The first-order valence-electron chi connectivity index (χ1n) is 4.15. The fraction of sp³-hybridized carbons (Fsp3) is 0.300. The van der Waals surface area contributed by atoms with Crippen molar-refractivity contribution in [2.45, 2.75) is 12.9 Å². The van der Waals surface area contributed by atoms with E-state index in [1.807, 2.05) is 30.3 Å². The maximum absolute atomic E-state index is 10.7. The fourth-order valence-corrected chi connectivity index (χ4v) is 0.918. The molecule has 0 aromatic heterocycles. The van der Waals surface area contributed by atoms with Crippen LogP contribution >= 0.6 is 0 Å². The number of hydrogen-bond acceptors (Lipinski definition) is 4. The molecule has 0 spiro atoms. The molecule has 1 atom stereocenters. The number of methoxy groups -OCH3 is 1. The van der Waals surface area contributed by atoms with Crippen molar-refractivity contribution in [3.63, 3.8) is 0 Å². The molecule has 4 nitrogen and oxygen atoms in total. The van der Waals surface area contributed by atoms with E-state index in [1.54, 1.807) is 0 Å². The smallest absolute Gasteiger partial charge is 0.363 e. The number of aliphatic hydroxyl groups excluding tert-OH is 1. The second-order valence-corrected chi connectivity index (χ2v) is 2.67. The molecule has 0 aliphatic rings. The molecule has 0 fully saturated rings. The van der Waals surface area contributed by atoms with Crippen molar-refractivity contribution in [3.05, 3.63) is 35.9 Å². The summed E-state index contributed by atoms with van der Waals surface area (Å²) in [5.41, 5.74) is 0.885. The van der Waals surface area contributed by atoms with Crippen LogP contribution < -0.4 is 0 Å². The molecule has 4 heteroatoms. The lowest BCUT2D eigenvalue weighted by atomic mass is 10.2. The number of ether oxygens (including phenoxy) is 2. The van der Waals surface area contributed by atoms with E-state index >= 15 is 0 Å². The van der Waals surface area contributed by atoms with Gasteiger partial charge in [0.25, 0.3) is 6.29 Å². The Hall–Kier alpha value is -1.39. The minimum atomic E-state index is -1.51. The zero-order valence-corrected chi connectivity index (χ0v) is 7.84. The van der Waals surface area contributed by atoms with Crippen molar-refractivity contribution < 1.29 is 19.4 Å². The Bertz CT molecular complexity index is 283. The number of esters is 1. The summed E-state index contributed by atoms with van der Waals surface area (Å²) in [4.78, 5) is 10.7. The maximum Gasteiger partial charge on any atom is 0.363 e. The molecule has 1 aromatic rings. The van der Waals surface area contributed by atoms with Gasteiger partial charge >= 0.3 is 5.97 Å². The molecule has 0 saturated carbocycles. The lowest BCUT2D eigenvalue weighted by molar-refractivity contribution is -0.182. The Morgan fingerprint density at radius 2 is 2.07 bits per heavy atom. The molecule has 0 aliphatic carbocycles. The number of rotatable bonds is 4. The van der Waals surface area contributed by atoms with Crippen molar-refractivity contribution in [1.29, 1.82) is 0 Å². The Morgan fingerprint density at radius 3 is 2.64 bits per heavy atom. The standard InChI is InChI=1S/C10H12O4/c1-13-9(11)10(12)14-7-8-5-3-2-4-6-8/h2-6,10,12H,7H2,1H3/t10-/m0/s1. The molecule has 0 heterocycles. The van der Waals surface area contributed by atoms with Crippen LogP contribution in [-0.2, 0) is 20.9 Å². The van der Waals surface area contributed by atoms with Crippen molar-refractivity contribution in [1.82, 2.24) is 0 Å². The van der Waals surface area contributed by atoms with Crippen LogP contribution in [0.4, 0.5) is 0 Å². The van der Waals surface area contributed by atoms with Gasteiger partial charge in [-0.05, 0) is 5.56 Å². The molecule has 0 unspecified atom stereocenters. The lowest BCUT2D eigenvalue weighted by Crippen LogP contribution is -2.24. The molecule has 1 N–H and O–H groups in total. The number of carbonyl (C=O) groups excluding carboxylic acids is 1. The topological polar surface area (TPSA) is 55.8 Å². The molecule has 76 valence electrons. The van der Waals surface area contributed by atoms with E-state index < -0.39 is 12.3 Å². The van der Waals surface area contributed by atoms with Crippen molar-refractivity contribution >= 4 is 5.97 Å². The van der Waals surface area contributed by atoms with E-state index in [4.69, 9.17) is 9.84 Å². The van der Waals surface area contributed by atoms with Gasteiger partial charge < -0.3 is 14.6 Å². The highest BCUT2D eigenvalue weighted by Gasteiger charge is 2.15. The summed E-state index contributed by atoms with van der Waals surface area (Å²) in [7, 11) is 1.19. The van der Waals surface area contributed by atoms with Gasteiger partial charge in [-0.1, -0.05) is 30.3 Å². The minimum absolute atomic E-state index is 0.178. The van der Waals surface area contributed by atoms with E-state index in [1.165, 1.54) is 7.11 Å². The van der Waals surface area contributed by atoms with Crippen molar-refractivity contribution in [2.75, 3.05) is 7.11 Å². The Kier molecular flexibility index (Phi) is 4.10. The van der Waals surface area contributed by atoms with Gasteiger partial charge in [0.15, 0.2) is 0 Å². The molecule has 1 aromatic carbocycles. The number of carbonyl (C=O) groups is 1. The van der Waals surface area contributed by atoms with E-state index in [0.29, 0.717) is 0 Å². The first kappa shape index (κ1) is 10.7. The molecule has 0 bridgehead atoms. The van der Waals surface area contributed by atoms with Crippen LogP contribution in [0.25, 0.3) is 0 Å². The summed E-state index contributed by atoms with van der Waals surface area (Å²) in [5.74, 6) is -0.791. The summed E-state index contributed by atoms with van der Waals surface area (Å²) >= 11 is 0. The molecule has 0 aliphatic heterocycles. The van der Waals surface area contributed by atoms with Gasteiger partial charge in [-0.15, -0.1) is 0 Å². The van der Waals surface area contributed by atoms with E-state index in [9.17, 15) is 4.79 Å². The third-order valence-corrected chi connectivity index (χ3v) is 1.65. The zero-order chi connectivity index (χ0) is 10.4. The Labute approximate surface area is 82.1 Å². The molecule has 0 amide bonds. The Balaban J connectivity index is 2.38. The van der Waals surface area contributed by atoms with Gasteiger partial charge in [-0.3, -0.25) is 0 Å². The highest BCUT2D eigenvalue weighted by Crippen LogP contribution is 2.02. The first-order valence-corrected chi connectivity index (χ1v) is 4.15. The summed E-state index contributed by atoms with van der Waals surface area (Å²) in [5, 5.41) is 9.08. The van der Waals surface area contributed by atoms with Gasteiger partial charge in [0.2, 0.25) is 0 Å². The summed E-state index contributed by atoms with van der Waals surface area (Å²) < 4.78 is 9.15. The highest BCUT2D eigenvalue weighted by atomic mass is 16.6. The predicted molar refractivity (Wildman–Crippen MR) is 49.3 cm³/mol. The zero-order valence-electron chi connectivity index (χ0n) is 7.84. The van der Waals surface area contributed by atoms with Gasteiger partial charge in [0.1, 0.15) is 0 Å². The van der Waals surface area contributed by atoms with E-state index in [2.05, 4.69) is 4.74 Å². The quantitative estimate of drug-likeness (QED) is 0.568. The summed E-state index contributed by atoms with van der Waals surface area (Å²) in [6.07, 6.45) is -1.51. The molecule has 14 heavy (non-hydrogen) atoms. The largest absolute Gasteiger partial charge is 0.465 e. The minimum Gasteiger partial charge on any atom is -0.465 e. The molecular weight excluding hydrogens is 184 g/mol. The van der Waals surface area contributed by atoms with Gasteiger partial charge in [-0.2, -0.15) is 0 Å². The summed E-state index contributed by atoms with van der Waals surface area (Å²) in [6.45, 7) is 0.178. The predicted octanol–water partition coefficient (Wildman–Crippen LogP) is 0.695. The normalized spacial score (nSPS) is 12.1. The SMILES string of the molecule is COC(=O)[C@@H](O)OCc1ccccc1. The van der Waals surface area contributed by atoms with Crippen LogP contribution in [0.2, 0.25) is 0 Å². The number of benzene rings is 1. The van der Waals surface area contributed by atoms with E-state index in [0.717, 1.165) is 5.56 Å². The lowest BCUT2D eigenvalue weighted by Gasteiger charge is -2.09. The molecule has 0 radical (unpaired) electrons. The van der Waals surface area contributed by atoms with Crippen LogP contribution in [0.15, 0.2) is 30.3 Å². The highest BCUT2D eigenvalue weighted by molar-refractivity contribution is 5.72. The first-order chi connectivity index (χ1) is 6.74. The van der Waals surface area contributed by atoms with Crippen LogP contribution in [0.5, 0.6) is 0 Å². The van der Waals surface area contributed by atoms with Crippen LogP contribution in [0, 0.1) is 0 Å². The Morgan fingerprint density at radius 1 is 1.43 bits per heavy atom. The van der Waals surface area contributed by atoms with Gasteiger partial charge in [0, 0.05) is 0 Å². The second kappa shape index (κ2) is 5.36. The molecular formula is C10H12O4. The molecule has 1 rings (SSSR count). The fourth-order valence-electron chi connectivity index (χ4n) is 0.918. The average Bonchev–Trinajstić information content (AvgIpc) is 2.26. The van der Waals surface area contributed by atoms with Crippen LogP contribution in [0.1, 0.15) is 5.56 Å². The molecule has 0 saturated heterocycles. The number of aliphatic hydroxyl groups is 1. The number of hydrogen-bond donors (Lipinski definition) is 1. The van der Waals surface area contributed by atoms with E-state index in [-0.39, 0.29) is 6.61 Å². The second-order valence-electron chi connectivity index (χ2n) is 2.67. The van der Waals surface area contributed by atoms with Crippen LogP contribution in [0.3, 0.4) is 0 Å². The van der Waals surface area contributed by atoms with Crippen molar-refractivity contribution in [2.24, 2.45) is 0 Å².